The van der Waals surface area contributed by atoms with Gasteiger partial charge in [0.05, 0.1) is 11.7 Å². The molecule has 4 rings (SSSR count). The Hall–Kier alpha value is -3.00. The lowest BCUT2D eigenvalue weighted by Crippen LogP contribution is -2.16. The van der Waals surface area contributed by atoms with Crippen molar-refractivity contribution in [2.45, 2.75) is 12.9 Å². The Balaban J connectivity index is 1.57. The van der Waals surface area contributed by atoms with Crippen molar-refractivity contribution < 1.29 is 17.9 Å². The van der Waals surface area contributed by atoms with Crippen LogP contribution in [0.1, 0.15) is 5.56 Å². The van der Waals surface area contributed by atoms with E-state index in [0.717, 1.165) is 34.4 Å². The smallest absolute Gasteiger partial charge is 0.489 e. The van der Waals surface area contributed by atoms with Gasteiger partial charge in [-0.1, -0.05) is 23.7 Å². The highest BCUT2D eigenvalue weighted by molar-refractivity contribution is 6.35. The molecule has 0 spiro atoms. The molecule has 0 aliphatic heterocycles. The summed E-state index contributed by atoms with van der Waals surface area (Å²) in [5.41, 5.74) is 2.88. The molecule has 1 N–H and O–H groups in total. The van der Waals surface area contributed by atoms with Crippen LogP contribution in [0, 0.1) is 0 Å². The summed E-state index contributed by atoms with van der Waals surface area (Å²) >= 11 is 6.21. The molecule has 9 heteroatoms. The Bertz CT molecular complexity index is 1100. The summed E-state index contributed by atoms with van der Waals surface area (Å²) in [5, 5.41) is 4.47. The van der Waals surface area contributed by atoms with Crippen LogP contribution >= 0.6 is 11.6 Å². The van der Waals surface area contributed by atoms with Gasteiger partial charge < -0.3 is 9.72 Å². The number of ether oxygens (including phenoxy) is 1. The number of fused-ring (bicyclic) bond motifs is 1. The molecule has 1 aromatic carbocycles. The van der Waals surface area contributed by atoms with E-state index in [1.54, 1.807) is 24.4 Å². The molecular formula is C18H12ClF3N4O. The highest BCUT2D eigenvalue weighted by Gasteiger charge is 2.31. The standard InChI is InChI=1S/C18H12ClF3N4O/c19-17-16-14(8-24-15(16)4-5-23-17)12-2-1-3-13(6-12)27-10-11-7-25-26(9-11)18(20,21)22/h1-9,24H,10H2. The van der Waals surface area contributed by atoms with Gasteiger partial charge in [-0.05, 0) is 23.8 Å². The van der Waals surface area contributed by atoms with Gasteiger partial charge >= 0.3 is 6.30 Å². The molecule has 3 heterocycles. The van der Waals surface area contributed by atoms with Crippen LogP contribution in [0.2, 0.25) is 5.15 Å². The van der Waals surface area contributed by atoms with E-state index in [1.807, 2.05) is 18.3 Å². The van der Waals surface area contributed by atoms with Gasteiger partial charge in [0, 0.05) is 35.1 Å². The van der Waals surface area contributed by atoms with Gasteiger partial charge in [0.15, 0.2) is 0 Å². The maximum absolute atomic E-state index is 12.6. The quantitative estimate of drug-likeness (QED) is 0.489. The number of rotatable bonds is 4. The van der Waals surface area contributed by atoms with Crippen LogP contribution in [0.15, 0.2) is 55.1 Å². The zero-order valence-corrected chi connectivity index (χ0v) is 14.4. The number of alkyl halides is 3. The zero-order valence-electron chi connectivity index (χ0n) is 13.7. The topological polar surface area (TPSA) is 55.7 Å². The zero-order chi connectivity index (χ0) is 19.0. The lowest BCUT2D eigenvalue weighted by molar-refractivity contribution is -0.212. The van der Waals surface area contributed by atoms with Crippen LogP contribution in [-0.2, 0) is 12.9 Å². The van der Waals surface area contributed by atoms with Gasteiger partial charge in [0.25, 0.3) is 0 Å². The van der Waals surface area contributed by atoms with Crippen LogP contribution in [0.3, 0.4) is 0 Å². The van der Waals surface area contributed by atoms with Gasteiger partial charge in [-0.15, -0.1) is 13.2 Å². The Morgan fingerprint density at radius 3 is 2.85 bits per heavy atom. The van der Waals surface area contributed by atoms with Gasteiger partial charge in [0.1, 0.15) is 17.5 Å². The molecule has 0 radical (unpaired) electrons. The normalized spacial score (nSPS) is 11.9. The molecule has 27 heavy (non-hydrogen) atoms. The summed E-state index contributed by atoms with van der Waals surface area (Å²) in [7, 11) is 0. The SMILES string of the molecule is FC(F)(F)n1cc(COc2cccc(-c3c[nH]c4ccnc(Cl)c34)c2)cn1. The number of halogens is 4. The number of aromatic amines is 1. The van der Waals surface area contributed by atoms with Crippen molar-refractivity contribution >= 4 is 22.5 Å². The Morgan fingerprint density at radius 2 is 2.07 bits per heavy atom. The van der Waals surface area contributed by atoms with Crippen molar-refractivity contribution in [3.05, 3.63) is 65.8 Å². The molecule has 0 aliphatic rings. The first kappa shape index (κ1) is 17.4. The summed E-state index contributed by atoms with van der Waals surface area (Å²) < 4.78 is 43.3. The second kappa shape index (κ2) is 6.62. The van der Waals surface area contributed by atoms with Crippen molar-refractivity contribution in [1.29, 1.82) is 0 Å². The fourth-order valence-corrected chi connectivity index (χ4v) is 3.02. The van der Waals surface area contributed by atoms with Crippen LogP contribution < -0.4 is 4.74 Å². The lowest BCUT2D eigenvalue weighted by atomic mass is 10.1. The third kappa shape index (κ3) is 3.48. The second-order valence-electron chi connectivity index (χ2n) is 5.80. The molecule has 0 fully saturated rings. The predicted octanol–water partition coefficient (Wildman–Crippen LogP) is 5.14. The fourth-order valence-electron chi connectivity index (χ4n) is 2.76. The number of benzene rings is 1. The molecule has 138 valence electrons. The Morgan fingerprint density at radius 1 is 1.22 bits per heavy atom. The van der Waals surface area contributed by atoms with Crippen molar-refractivity contribution in [1.82, 2.24) is 19.7 Å². The van der Waals surface area contributed by atoms with Gasteiger partial charge in [-0.25, -0.2) is 4.98 Å². The molecule has 0 saturated heterocycles. The summed E-state index contributed by atoms with van der Waals surface area (Å²) in [6.07, 6.45) is 0.925. The van der Waals surface area contributed by atoms with Crippen LogP contribution in [0.25, 0.3) is 22.0 Å². The van der Waals surface area contributed by atoms with E-state index in [2.05, 4.69) is 15.1 Å². The van der Waals surface area contributed by atoms with Crippen molar-refractivity contribution in [2.75, 3.05) is 0 Å². The summed E-state index contributed by atoms with van der Waals surface area (Å²) in [6, 6.07) is 9.03. The van der Waals surface area contributed by atoms with Gasteiger partial charge in [-0.3, -0.25) is 0 Å². The van der Waals surface area contributed by atoms with E-state index in [-0.39, 0.29) is 11.3 Å². The molecule has 0 unspecified atom stereocenters. The Labute approximate surface area is 156 Å². The molecule has 0 atom stereocenters. The number of H-pyrrole nitrogens is 1. The highest BCUT2D eigenvalue weighted by atomic mass is 35.5. The maximum atomic E-state index is 12.6. The van der Waals surface area contributed by atoms with Crippen molar-refractivity contribution in [3.63, 3.8) is 0 Å². The molecule has 0 saturated carbocycles. The number of hydrogen-bond donors (Lipinski definition) is 1. The number of hydrogen-bond acceptors (Lipinski definition) is 3. The molecule has 5 nitrogen and oxygen atoms in total. The average molecular weight is 393 g/mol. The van der Waals surface area contributed by atoms with E-state index in [4.69, 9.17) is 16.3 Å². The third-order valence-electron chi connectivity index (χ3n) is 3.99. The summed E-state index contributed by atoms with van der Waals surface area (Å²) in [5.74, 6) is 0.515. The fraction of sp³-hybridized carbons (Fsp3) is 0.111. The minimum Gasteiger partial charge on any atom is -0.489 e. The predicted molar refractivity (Wildman–Crippen MR) is 94.4 cm³/mol. The molecule has 0 aliphatic carbocycles. The minimum absolute atomic E-state index is 0.0320. The van der Waals surface area contributed by atoms with Crippen LogP contribution in [-0.4, -0.2) is 19.7 Å². The van der Waals surface area contributed by atoms with Crippen molar-refractivity contribution in [3.8, 4) is 16.9 Å². The molecule has 4 aromatic rings. The minimum atomic E-state index is -4.54. The monoisotopic (exact) mass is 392 g/mol. The summed E-state index contributed by atoms with van der Waals surface area (Å²) in [4.78, 5) is 7.24. The van der Waals surface area contributed by atoms with Gasteiger partial charge in [-0.2, -0.15) is 9.78 Å². The van der Waals surface area contributed by atoms with Crippen LogP contribution in [0.4, 0.5) is 13.2 Å². The highest BCUT2D eigenvalue weighted by Crippen LogP contribution is 2.34. The Kier molecular flexibility index (Phi) is 4.27. The second-order valence-corrected chi connectivity index (χ2v) is 6.16. The van der Waals surface area contributed by atoms with E-state index >= 15 is 0 Å². The van der Waals surface area contributed by atoms with E-state index < -0.39 is 6.30 Å². The van der Waals surface area contributed by atoms with Gasteiger partial charge in [0.2, 0.25) is 0 Å². The molecular weight excluding hydrogens is 381 g/mol. The largest absolute Gasteiger partial charge is 0.504 e. The number of nitrogens with zero attached hydrogens (tertiary/aromatic N) is 3. The first-order valence-electron chi connectivity index (χ1n) is 7.87. The summed E-state index contributed by atoms with van der Waals surface area (Å²) in [6.45, 7) is -0.0320. The van der Waals surface area contributed by atoms with Crippen molar-refractivity contribution in [2.24, 2.45) is 0 Å². The average Bonchev–Trinajstić information content (AvgIpc) is 3.28. The van der Waals surface area contributed by atoms with E-state index in [9.17, 15) is 13.2 Å². The van der Waals surface area contributed by atoms with Crippen LogP contribution in [0.5, 0.6) is 5.75 Å². The van der Waals surface area contributed by atoms with E-state index in [0.29, 0.717) is 16.5 Å². The number of nitrogens with one attached hydrogen (secondary N) is 1. The molecule has 3 aromatic heterocycles. The number of aromatic nitrogens is 4. The first-order valence-corrected chi connectivity index (χ1v) is 8.25. The van der Waals surface area contributed by atoms with E-state index in [1.165, 1.54) is 0 Å². The number of pyridine rings is 1. The molecule has 0 bridgehead atoms. The lowest BCUT2D eigenvalue weighted by Gasteiger charge is -2.07. The third-order valence-corrected chi connectivity index (χ3v) is 4.28. The maximum Gasteiger partial charge on any atom is 0.504 e. The first-order chi connectivity index (χ1) is 12.9. The molecule has 0 amide bonds.